The highest BCUT2D eigenvalue weighted by molar-refractivity contribution is 7.91. The van der Waals surface area contributed by atoms with E-state index in [0.717, 1.165) is 29.4 Å². The average molecular weight is 604 g/mol. The van der Waals surface area contributed by atoms with Gasteiger partial charge in [0.25, 0.3) is 15.9 Å². The maximum atomic E-state index is 12.7. The van der Waals surface area contributed by atoms with Gasteiger partial charge in [0.05, 0.1) is 17.1 Å². The monoisotopic (exact) mass is 603 g/mol. The number of nitrogens with zero attached hydrogens (tertiary/aromatic N) is 1. The third-order valence-electron chi connectivity index (χ3n) is 5.32. The van der Waals surface area contributed by atoms with Crippen LogP contribution < -0.4 is 20.9 Å². The average Bonchev–Trinajstić information content (AvgIpc) is 3.39. The molecule has 0 saturated carbocycles. The zero-order valence-corrected chi connectivity index (χ0v) is 23.0. The van der Waals surface area contributed by atoms with Crippen LogP contribution in [0.3, 0.4) is 0 Å². The van der Waals surface area contributed by atoms with Gasteiger partial charge in [0.1, 0.15) is 10.0 Å². The van der Waals surface area contributed by atoms with Gasteiger partial charge in [-0.15, -0.1) is 16.2 Å². The van der Waals surface area contributed by atoms with Crippen LogP contribution in [-0.2, 0) is 34.0 Å². The molecule has 0 saturated heterocycles. The molecule has 3 rings (SSSR count). The number of anilines is 1. The van der Waals surface area contributed by atoms with Gasteiger partial charge >= 0.3 is 6.18 Å². The number of alkyl halides is 3. The van der Waals surface area contributed by atoms with Crippen molar-refractivity contribution in [1.82, 2.24) is 20.6 Å². The number of hydrogen-bond donors (Lipinski definition) is 4. The Bertz CT molecular complexity index is 1410. The second kappa shape index (κ2) is 13.2. The van der Waals surface area contributed by atoms with Crippen LogP contribution in [0.4, 0.5) is 19.0 Å². The summed E-state index contributed by atoms with van der Waals surface area (Å²) in [5.74, 6) is -0.874. The molecule has 2 heterocycles. The molecular weight excluding hydrogens is 579 g/mol. The quantitative estimate of drug-likeness (QED) is 0.178. The maximum absolute atomic E-state index is 12.7. The molecule has 39 heavy (non-hydrogen) atoms. The number of amides is 2. The highest BCUT2D eigenvalue weighted by Gasteiger charge is 2.31. The van der Waals surface area contributed by atoms with Crippen LogP contribution in [0, 0.1) is 0 Å². The zero-order chi connectivity index (χ0) is 28.6. The van der Waals surface area contributed by atoms with Crippen molar-refractivity contribution in [1.29, 1.82) is 0 Å². The number of aromatic nitrogens is 1. The first-order valence-electron chi connectivity index (χ1n) is 11.6. The molecule has 9 nitrogen and oxygen atoms in total. The van der Waals surface area contributed by atoms with Gasteiger partial charge in [0.15, 0.2) is 0 Å². The van der Waals surface area contributed by atoms with Crippen molar-refractivity contribution >= 4 is 50.6 Å². The first-order valence-corrected chi connectivity index (χ1v) is 14.3. The molecule has 4 N–H and O–H groups in total. The molecule has 0 aliphatic heterocycles. The zero-order valence-electron chi connectivity index (χ0n) is 20.6. The molecule has 15 heteroatoms. The van der Waals surface area contributed by atoms with Crippen molar-refractivity contribution in [2.75, 3.05) is 11.9 Å². The Morgan fingerprint density at radius 2 is 1.82 bits per heavy atom. The molecule has 1 aromatic carbocycles. The number of sulfonamides is 1. The summed E-state index contributed by atoms with van der Waals surface area (Å²) < 4.78 is 63.0. The predicted molar refractivity (Wildman–Crippen MR) is 142 cm³/mol. The number of hydrazine groups is 1. The predicted octanol–water partition coefficient (Wildman–Crippen LogP) is 4.51. The van der Waals surface area contributed by atoms with Crippen LogP contribution in [0.2, 0.25) is 5.02 Å². The first kappa shape index (κ1) is 30.3. The van der Waals surface area contributed by atoms with E-state index in [1.165, 1.54) is 6.07 Å². The van der Waals surface area contributed by atoms with Crippen LogP contribution in [0.5, 0.6) is 0 Å². The molecule has 3 aromatic rings. The minimum atomic E-state index is -4.57. The van der Waals surface area contributed by atoms with Crippen molar-refractivity contribution in [3.63, 3.8) is 0 Å². The van der Waals surface area contributed by atoms with Gasteiger partial charge in [-0.25, -0.2) is 13.4 Å². The lowest BCUT2D eigenvalue weighted by Crippen LogP contribution is -2.41. The number of benzene rings is 1. The van der Waals surface area contributed by atoms with E-state index in [9.17, 15) is 31.2 Å². The molecule has 0 bridgehead atoms. The Balaban J connectivity index is 1.41. The minimum absolute atomic E-state index is 0.0323. The maximum Gasteiger partial charge on any atom is 0.417 e. The summed E-state index contributed by atoms with van der Waals surface area (Å²) in [6.07, 6.45) is -2.93. The van der Waals surface area contributed by atoms with Crippen LogP contribution in [-0.4, -0.2) is 31.8 Å². The number of carbonyl (C=O) groups is 2. The van der Waals surface area contributed by atoms with Gasteiger partial charge in [0, 0.05) is 29.6 Å². The highest BCUT2D eigenvalue weighted by Crippen LogP contribution is 2.32. The number of hydrogen-bond acceptors (Lipinski definition) is 7. The number of carbonyl (C=O) groups excluding carboxylic acids is 2. The van der Waals surface area contributed by atoms with E-state index in [0.29, 0.717) is 16.6 Å². The number of pyridine rings is 1. The summed E-state index contributed by atoms with van der Waals surface area (Å²) in [6.45, 7) is 2.30. The normalized spacial score (nSPS) is 11.7. The molecule has 0 aliphatic carbocycles. The molecule has 0 radical (unpaired) electrons. The van der Waals surface area contributed by atoms with E-state index in [-0.39, 0.29) is 46.9 Å². The fourth-order valence-corrected chi connectivity index (χ4v) is 5.56. The van der Waals surface area contributed by atoms with Crippen molar-refractivity contribution in [3.8, 4) is 0 Å². The van der Waals surface area contributed by atoms with Gasteiger partial charge in [-0.1, -0.05) is 30.7 Å². The largest absolute Gasteiger partial charge is 0.417 e. The molecule has 0 spiro atoms. The fourth-order valence-electron chi connectivity index (χ4n) is 3.17. The van der Waals surface area contributed by atoms with Crippen LogP contribution in [0.25, 0.3) is 0 Å². The molecule has 0 unspecified atom stereocenters. The molecule has 0 atom stereocenters. The topological polar surface area (TPSA) is 129 Å². The molecule has 210 valence electrons. The van der Waals surface area contributed by atoms with Gasteiger partial charge in [-0.2, -0.15) is 13.2 Å². The molecule has 0 fully saturated rings. The Kier molecular flexibility index (Phi) is 10.3. The van der Waals surface area contributed by atoms with Gasteiger partial charge in [-0.3, -0.25) is 15.0 Å². The van der Waals surface area contributed by atoms with E-state index < -0.39 is 27.7 Å². The summed E-state index contributed by atoms with van der Waals surface area (Å²) in [5.41, 5.74) is 2.73. The van der Waals surface area contributed by atoms with Gasteiger partial charge in [0.2, 0.25) is 5.91 Å². The fraction of sp³-hybridized carbons (Fsp3) is 0.292. The lowest BCUT2D eigenvalue weighted by Gasteiger charge is -2.11. The third kappa shape index (κ3) is 8.92. The summed E-state index contributed by atoms with van der Waals surface area (Å²) in [7, 11) is -4.04. The molecule has 2 aromatic heterocycles. The summed E-state index contributed by atoms with van der Waals surface area (Å²) in [6, 6.07) is 10.9. The second-order valence-electron chi connectivity index (χ2n) is 8.19. The number of aryl methyl sites for hydroxylation is 1. The van der Waals surface area contributed by atoms with Gasteiger partial charge in [-0.05, 0) is 48.7 Å². The number of thiophene rings is 1. The number of rotatable bonds is 12. The third-order valence-corrected chi connectivity index (χ3v) is 8.43. The van der Waals surface area contributed by atoms with E-state index in [1.54, 1.807) is 18.2 Å². The molecular formula is C24H25ClF3N5O4S2. The lowest BCUT2D eigenvalue weighted by molar-refractivity contribution is -0.137. The minimum Gasteiger partial charge on any atom is -0.369 e. The first-order chi connectivity index (χ1) is 18.4. The Morgan fingerprint density at radius 3 is 2.46 bits per heavy atom. The Morgan fingerprint density at radius 1 is 1.10 bits per heavy atom. The van der Waals surface area contributed by atoms with Crippen molar-refractivity contribution < 1.29 is 31.2 Å². The second-order valence-corrected chi connectivity index (χ2v) is 11.7. The SMILES string of the molecule is CCc1ccc(C(=O)NCc2ccc(S(=O)(=O)NNC(=O)CCCNc3ncc(C(F)(F)F)cc3Cl)s2)cc1. The Hall–Kier alpha value is -3.20. The van der Waals surface area contributed by atoms with E-state index >= 15 is 0 Å². The lowest BCUT2D eigenvalue weighted by atomic mass is 10.1. The van der Waals surface area contributed by atoms with E-state index in [2.05, 4.69) is 21.0 Å². The molecule has 0 aliphatic rings. The summed E-state index contributed by atoms with van der Waals surface area (Å²) in [5, 5.41) is 5.24. The van der Waals surface area contributed by atoms with Crippen LogP contribution >= 0.6 is 22.9 Å². The highest BCUT2D eigenvalue weighted by atomic mass is 35.5. The number of halogens is 4. The smallest absolute Gasteiger partial charge is 0.369 e. The van der Waals surface area contributed by atoms with Crippen LogP contribution in [0.1, 0.15) is 46.1 Å². The van der Waals surface area contributed by atoms with Crippen LogP contribution in [0.15, 0.2) is 52.9 Å². The number of nitrogens with one attached hydrogen (secondary N) is 4. The van der Waals surface area contributed by atoms with Crippen molar-refractivity contribution in [2.45, 2.75) is 43.1 Å². The summed E-state index contributed by atoms with van der Waals surface area (Å²) >= 11 is 6.75. The molecule has 2 amide bonds. The van der Waals surface area contributed by atoms with Crippen molar-refractivity contribution in [2.24, 2.45) is 0 Å². The van der Waals surface area contributed by atoms with E-state index in [4.69, 9.17) is 11.6 Å². The van der Waals surface area contributed by atoms with E-state index in [1.807, 2.05) is 23.9 Å². The summed E-state index contributed by atoms with van der Waals surface area (Å²) in [4.78, 5) is 30.6. The standard InChI is InChI=1S/C24H25ClF3N5O4S2/c1-2-15-5-7-16(8-6-15)23(35)31-14-18-9-10-21(38-18)39(36,37)33-32-20(34)4-3-11-29-22-19(25)12-17(13-30-22)24(26,27)28/h5-10,12-13,33H,2-4,11,14H2,1H3,(H,29,30)(H,31,35)(H,32,34). The van der Waals surface area contributed by atoms with Gasteiger partial charge < -0.3 is 10.6 Å². The van der Waals surface area contributed by atoms with Crippen molar-refractivity contribution in [3.05, 3.63) is 75.3 Å². The Labute approximate surface area is 232 Å².